The molecule has 0 fully saturated rings. The van der Waals surface area contributed by atoms with Crippen molar-refractivity contribution in [2.45, 2.75) is 33.6 Å². The largest absolute Gasteiger partial charge is 0.0885 e. The van der Waals surface area contributed by atoms with E-state index in [2.05, 4.69) is 32.9 Å². The molecule has 0 spiro atoms. The molecule has 0 aromatic rings. The molecule has 48 valence electrons. The topological polar surface area (TPSA) is 0 Å². The Kier molecular flexibility index (Phi) is 4.73. The van der Waals surface area contributed by atoms with E-state index in [-0.39, 0.29) is 0 Å². The summed E-state index contributed by atoms with van der Waals surface area (Å²) in [6.45, 7) is 6.62. The van der Waals surface area contributed by atoms with Gasteiger partial charge >= 0.3 is 0 Å². The first-order valence-corrected chi connectivity index (χ1v) is 3.47. The number of allylic oxidation sites excluding steroid dienone is 2. The quantitative estimate of drug-likeness (QED) is 0.492. The maximum Gasteiger partial charge on any atom is -0.0265 e. The highest BCUT2D eigenvalue weighted by molar-refractivity contribution is 4.84. The zero-order valence-electron chi connectivity index (χ0n) is 6.15. The minimum Gasteiger partial charge on any atom is -0.0885 e. The zero-order valence-corrected chi connectivity index (χ0v) is 6.15. The Morgan fingerprint density at radius 1 is 1.38 bits per heavy atom. The number of hydrogen-bond acceptors (Lipinski definition) is 0. The molecule has 0 amide bonds. The van der Waals surface area contributed by atoms with Crippen LogP contribution in [0.1, 0.15) is 33.6 Å². The van der Waals surface area contributed by atoms with E-state index in [0.29, 0.717) is 0 Å². The monoisotopic (exact) mass is 112 g/mol. The van der Waals surface area contributed by atoms with Crippen molar-refractivity contribution in [3.8, 4) is 0 Å². The van der Waals surface area contributed by atoms with Crippen LogP contribution in [-0.4, -0.2) is 0 Å². The summed E-state index contributed by atoms with van der Waals surface area (Å²) < 4.78 is 0. The van der Waals surface area contributed by atoms with Crippen LogP contribution in [0.15, 0.2) is 12.2 Å². The Morgan fingerprint density at radius 2 is 2.00 bits per heavy atom. The van der Waals surface area contributed by atoms with Gasteiger partial charge in [0.25, 0.3) is 0 Å². The molecule has 0 aliphatic rings. The fourth-order valence-electron chi connectivity index (χ4n) is 0.504. The maximum atomic E-state index is 2.28. The molecule has 0 saturated carbocycles. The molecule has 0 aliphatic carbocycles. The van der Waals surface area contributed by atoms with Crippen LogP contribution in [0.25, 0.3) is 0 Å². The van der Waals surface area contributed by atoms with Crippen molar-refractivity contribution in [2.75, 3.05) is 0 Å². The summed E-state index contributed by atoms with van der Waals surface area (Å²) in [4.78, 5) is 0. The molecule has 0 aliphatic heterocycles. The standard InChI is InChI=1S/C8H16/c1-4-6-7-8(3)5-2/h6-8H,4-5H2,1-3H3/b7-6-. The minimum atomic E-state index is 0.773. The van der Waals surface area contributed by atoms with Gasteiger partial charge in [0.05, 0.1) is 0 Å². The predicted molar refractivity (Wildman–Crippen MR) is 38.9 cm³/mol. The number of hydrogen-bond donors (Lipinski definition) is 0. The molecule has 0 aromatic heterocycles. The second-order valence-electron chi connectivity index (χ2n) is 2.22. The van der Waals surface area contributed by atoms with Gasteiger partial charge in [-0.2, -0.15) is 0 Å². The lowest BCUT2D eigenvalue weighted by Crippen LogP contribution is -1.82. The highest BCUT2D eigenvalue weighted by Gasteiger charge is 1.87. The van der Waals surface area contributed by atoms with Crippen molar-refractivity contribution in [2.24, 2.45) is 5.92 Å². The van der Waals surface area contributed by atoms with Crippen LogP contribution in [0, 0.1) is 5.92 Å². The van der Waals surface area contributed by atoms with Crippen molar-refractivity contribution < 1.29 is 0 Å². The lowest BCUT2D eigenvalue weighted by molar-refractivity contribution is 0.695. The fourth-order valence-corrected chi connectivity index (χ4v) is 0.504. The van der Waals surface area contributed by atoms with Gasteiger partial charge in [0.15, 0.2) is 0 Å². The third-order valence-corrected chi connectivity index (χ3v) is 1.34. The van der Waals surface area contributed by atoms with Gasteiger partial charge in [-0.15, -0.1) is 0 Å². The molecule has 0 aromatic carbocycles. The highest BCUT2D eigenvalue weighted by atomic mass is 13.9. The van der Waals surface area contributed by atoms with Crippen molar-refractivity contribution in [1.29, 1.82) is 0 Å². The summed E-state index contributed by atoms with van der Waals surface area (Å²) in [5, 5.41) is 0. The van der Waals surface area contributed by atoms with Gasteiger partial charge in [0.1, 0.15) is 0 Å². The molecule has 1 atom stereocenters. The Labute approximate surface area is 52.6 Å². The van der Waals surface area contributed by atoms with E-state index >= 15 is 0 Å². The first-order valence-electron chi connectivity index (χ1n) is 3.47. The second kappa shape index (κ2) is 4.89. The number of rotatable bonds is 3. The van der Waals surface area contributed by atoms with E-state index in [4.69, 9.17) is 0 Å². The smallest absolute Gasteiger partial charge is 0.0265 e. The van der Waals surface area contributed by atoms with E-state index in [9.17, 15) is 0 Å². The molecule has 0 heterocycles. The van der Waals surface area contributed by atoms with Gasteiger partial charge < -0.3 is 0 Å². The first-order chi connectivity index (χ1) is 3.81. The normalized spacial score (nSPS) is 14.9. The third kappa shape index (κ3) is 3.91. The Morgan fingerprint density at radius 3 is 2.38 bits per heavy atom. The second-order valence-corrected chi connectivity index (χ2v) is 2.22. The Hall–Kier alpha value is -0.260. The molecule has 8 heavy (non-hydrogen) atoms. The molecular weight excluding hydrogens is 96.1 g/mol. The molecule has 0 nitrogen and oxygen atoms in total. The molecule has 0 saturated heterocycles. The fraction of sp³-hybridized carbons (Fsp3) is 0.750. The molecule has 0 bridgehead atoms. The van der Waals surface area contributed by atoms with Gasteiger partial charge in [-0.1, -0.05) is 39.3 Å². The van der Waals surface area contributed by atoms with E-state index in [1.165, 1.54) is 12.8 Å². The van der Waals surface area contributed by atoms with Crippen molar-refractivity contribution in [3.63, 3.8) is 0 Å². The van der Waals surface area contributed by atoms with Crippen LogP contribution in [0.3, 0.4) is 0 Å². The van der Waals surface area contributed by atoms with Gasteiger partial charge in [-0.05, 0) is 12.3 Å². The molecule has 0 N–H and O–H groups in total. The molecular formula is C8H16. The van der Waals surface area contributed by atoms with E-state index in [1.807, 2.05) is 0 Å². The van der Waals surface area contributed by atoms with Crippen LogP contribution < -0.4 is 0 Å². The lowest BCUT2D eigenvalue weighted by atomic mass is 10.1. The van der Waals surface area contributed by atoms with Crippen molar-refractivity contribution in [3.05, 3.63) is 12.2 Å². The Bertz CT molecular complexity index is 62.4. The summed E-state index contributed by atoms with van der Waals surface area (Å²) in [6, 6.07) is 0. The maximum absolute atomic E-state index is 2.28. The molecule has 0 rings (SSSR count). The van der Waals surface area contributed by atoms with Crippen LogP contribution in [0.4, 0.5) is 0 Å². The highest BCUT2D eigenvalue weighted by Crippen LogP contribution is 2.01. The van der Waals surface area contributed by atoms with Crippen LogP contribution in [0.2, 0.25) is 0 Å². The third-order valence-electron chi connectivity index (χ3n) is 1.34. The average Bonchev–Trinajstić information content (AvgIpc) is 1.83. The van der Waals surface area contributed by atoms with Gasteiger partial charge in [-0.3, -0.25) is 0 Å². The summed E-state index contributed by atoms with van der Waals surface area (Å²) in [5.74, 6) is 0.773. The SMILES string of the molecule is CC/C=C\C(C)CC. The molecule has 0 heteroatoms. The van der Waals surface area contributed by atoms with E-state index < -0.39 is 0 Å². The summed E-state index contributed by atoms with van der Waals surface area (Å²) >= 11 is 0. The predicted octanol–water partition coefficient (Wildman–Crippen LogP) is 3.00. The van der Waals surface area contributed by atoms with Gasteiger partial charge in [0.2, 0.25) is 0 Å². The van der Waals surface area contributed by atoms with E-state index in [0.717, 1.165) is 5.92 Å². The molecule has 0 radical (unpaired) electrons. The van der Waals surface area contributed by atoms with Crippen LogP contribution in [-0.2, 0) is 0 Å². The zero-order chi connectivity index (χ0) is 6.41. The summed E-state index contributed by atoms with van der Waals surface area (Å²) in [6.07, 6.45) is 6.94. The van der Waals surface area contributed by atoms with E-state index in [1.54, 1.807) is 0 Å². The lowest BCUT2D eigenvalue weighted by Gasteiger charge is -1.96. The van der Waals surface area contributed by atoms with Crippen LogP contribution >= 0.6 is 0 Å². The molecule has 1 unspecified atom stereocenters. The summed E-state index contributed by atoms with van der Waals surface area (Å²) in [5.41, 5.74) is 0. The van der Waals surface area contributed by atoms with Crippen LogP contribution in [0.5, 0.6) is 0 Å². The van der Waals surface area contributed by atoms with Gasteiger partial charge in [-0.25, -0.2) is 0 Å². The summed E-state index contributed by atoms with van der Waals surface area (Å²) in [7, 11) is 0. The first kappa shape index (κ1) is 7.74. The van der Waals surface area contributed by atoms with Gasteiger partial charge in [0, 0.05) is 0 Å². The van der Waals surface area contributed by atoms with Crippen molar-refractivity contribution >= 4 is 0 Å². The average molecular weight is 112 g/mol. The Balaban J connectivity index is 3.21. The minimum absolute atomic E-state index is 0.773. The van der Waals surface area contributed by atoms with Crippen molar-refractivity contribution in [1.82, 2.24) is 0 Å².